The SMILES string of the molecule is Cc1ccc([C@@H]2C[C@H]2C(=O)N2CCC(C(=O)NC3CC3)CC2)s1. The molecule has 2 amide bonds. The number of rotatable bonds is 4. The molecule has 1 aromatic rings. The van der Waals surface area contributed by atoms with E-state index in [1.807, 2.05) is 16.2 Å². The third-order valence-electron chi connectivity index (χ3n) is 5.34. The zero-order valence-electron chi connectivity index (χ0n) is 13.6. The molecule has 1 saturated heterocycles. The number of aryl methyl sites for hydroxylation is 1. The number of piperidine rings is 1. The van der Waals surface area contributed by atoms with Gasteiger partial charge in [-0.15, -0.1) is 11.3 Å². The molecule has 0 radical (unpaired) electrons. The van der Waals surface area contributed by atoms with Gasteiger partial charge in [0.05, 0.1) is 0 Å². The van der Waals surface area contributed by atoms with Gasteiger partial charge in [0.2, 0.25) is 11.8 Å². The summed E-state index contributed by atoms with van der Waals surface area (Å²) >= 11 is 1.82. The zero-order chi connectivity index (χ0) is 16.0. The van der Waals surface area contributed by atoms with E-state index in [9.17, 15) is 9.59 Å². The predicted octanol–water partition coefficient (Wildman–Crippen LogP) is 2.68. The standard InChI is InChI=1S/C18H24N2O2S/c1-11-2-5-16(23-11)14-10-15(14)18(22)20-8-6-12(7-9-20)17(21)19-13-3-4-13/h2,5,12-15H,3-4,6-10H2,1H3,(H,19,21)/t14-,15-/m1/s1. The minimum Gasteiger partial charge on any atom is -0.353 e. The number of carbonyl (C=O) groups is 2. The first-order chi connectivity index (χ1) is 11.1. The lowest BCUT2D eigenvalue weighted by molar-refractivity contribution is -0.136. The predicted molar refractivity (Wildman–Crippen MR) is 90.4 cm³/mol. The lowest BCUT2D eigenvalue weighted by Gasteiger charge is -2.31. The highest BCUT2D eigenvalue weighted by molar-refractivity contribution is 7.12. The molecule has 3 aliphatic rings. The molecular weight excluding hydrogens is 308 g/mol. The second kappa shape index (κ2) is 5.93. The van der Waals surface area contributed by atoms with Gasteiger partial charge in [-0.1, -0.05) is 0 Å². The van der Waals surface area contributed by atoms with Crippen LogP contribution >= 0.6 is 11.3 Å². The topological polar surface area (TPSA) is 49.4 Å². The Kier molecular flexibility index (Phi) is 3.92. The third kappa shape index (κ3) is 3.30. The highest BCUT2D eigenvalue weighted by Gasteiger charge is 2.47. The van der Waals surface area contributed by atoms with Crippen molar-refractivity contribution in [3.8, 4) is 0 Å². The number of likely N-dealkylation sites (tertiary alicyclic amines) is 1. The lowest BCUT2D eigenvalue weighted by atomic mass is 9.95. The lowest BCUT2D eigenvalue weighted by Crippen LogP contribution is -2.44. The minimum atomic E-state index is 0.106. The van der Waals surface area contributed by atoms with Crippen molar-refractivity contribution in [2.45, 2.75) is 51.0 Å². The summed E-state index contributed by atoms with van der Waals surface area (Å²) < 4.78 is 0. The van der Waals surface area contributed by atoms with Gasteiger partial charge in [0.25, 0.3) is 0 Å². The van der Waals surface area contributed by atoms with Gasteiger partial charge in [-0.25, -0.2) is 0 Å². The second-order valence-corrected chi connectivity index (χ2v) is 8.60. The van der Waals surface area contributed by atoms with E-state index >= 15 is 0 Å². The average Bonchev–Trinajstić information content (AvgIpc) is 3.47. The van der Waals surface area contributed by atoms with Gasteiger partial charge in [0.15, 0.2) is 0 Å². The summed E-state index contributed by atoms with van der Waals surface area (Å²) in [5.41, 5.74) is 0. The summed E-state index contributed by atoms with van der Waals surface area (Å²) in [5.74, 6) is 1.25. The van der Waals surface area contributed by atoms with E-state index in [0.717, 1.165) is 45.2 Å². The van der Waals surface area contributed by atoms with Crippen LogP contribution in [0.4, 0.5) is 0 Å². The maximum Gasteiger partial charge on any atom is 0.226 e. The number of thiophene rings is 1. The molecule has 2 atom stereocenters. The van der Waals surface area contributed by atoms with Crippen LogP contribution in [0.1, 0.15) is 47.8 Å². The molecule has 2 saturated carbocycles. The zero-order valence-corrected chi connectivity index (χ0v) is 14.4. The molecule has 4 nitrogen and oxygen atoms in total. The molecule has 1 N–H and O–H groups in total. The van der Waals surface area contributed by atoms with E-state index in [-0.39, 0.29) is 17.7 Å². The van der Waals surface area contributed by atoms with Gasteiger partial charge in [0, 0.05) is 46.6 Å². The number of nitrogens with one attached hydrogen (secondary N) is 1. The molecule has 4 rings (SSSR count). The maximum absolute atomic E-state index is 12.6. The van der Waals surface area contributed by atoms with Crippen molar-refractivity contribution in [3.05, 3.63) is 21.9 Å². The van der Waals surface area contributed by atoms with Crippen molar-refractivity contribution in [1.29, 1.82) is 0 Å². The summed E-state index contributed by atoms with van der Waals surface area (Å²) in [6.45, 7) is 3.60. The highest BCUT2D eigenvalue weighted by Crippen LogP contribution is 2.50. The molecule has 124 valence electrons. The van der Waals surface area contributed by atoms with Crippen LogP contribution < -0.4 is 5.32 Å². The Hall–Kier alpha value is -1.36. The summed E-state index contributed by atoms with van der Waals surface area (Å²) in [6, 6.07) is 4.75. The number of nitrogens with zero attached hydrogens (tertiary/aromatic N) is 1. The van der Waals surface area contributed by atoms with E-state index in [1.165, 1.54) is 9.75 Å². The number of hydrogen-bond acceptors (Lipinski definition) is 3. The second-order valence-electron chi connectivity index (χ2n) is 7.28. The van der Waals surface area contributed by atoms with Crippen LogP contribution in [0, 0.1) is 18.8 Å². The molecule has 3 fully saturated rings. The van der Waals surface area contributed by atoms with Crippen LogP contribution in [-0.4, -0.2) is 35.8 Å². The first-order valence-corrected chi connectivity index (χ1v) is 9.59. The molecule has 0 bridgehead atoms. The Balaban J connectivity index is 1.27. The minimum absolute atomic E-state index is 0.106. The Bertz CT molecular complexity index is 614. The van der Waals surface area contributed by atoms with Crippen LogP contribution in [-0.2, 0) is 9.59 Å². The summed E-state index contributed by atoms with van der Waals surface area (Å²) in [5, 5.41) is 3.09. The van der Waals surface area contributed by atoms with E-state index < -0.39 is 0 Å². The van der Waals surface area contributed by atoms with E-state index in [1.54, 1.807) is 0 Å². The molecule has 0 aromatic carbocycles. The Morgan fingerprint density at radius 2 is 1.91 bits per heavy atom. The van der Waals surface area contributed by atoms with Gasteiger partial charge >= 0.3 is 0 Å². The molecule has 5 heteroatoms. The van der Waals surface area contributed by atoms with Crippen molar-refractivity contribution < 1.29 is 9.59 Å². The first-order valence-electron chi connectivity index (χ1n) is 8.77. The van der Waals surface area contributed by atoms with Crippen LogP contribution in [0.3, 0.4) is 0 Å². The van der Waals surface area contributed by atoms with Gasteiger partial charge < -0.3 is 10.2 Å². The van der Waals surface area contributed by atoms with Crippen molar-refractivity contribution in [2.75, 3.05) is 13.1 Å². The van der Waals surface area contributed by atoms with E-state index in [2.05, 4.69) is 24.4 Å². The molecule has 0 spiro atoms. The van der Waals surface area contributed by atoms with Gasteiger partial charge in [0.1, 0.15) is 0 Å². The first kappa shape index (κ1) is 15.2. The molecule has 2 aliphatic carbocycles. The van der Waals surface area contributed by atoms with Gasteiger partial charge in [-0.05, 0) is 51.2 Å². The van der Waals surface area contributed by atoms with Crippen LogP contribution in [0.2, 0.25) is 0 Å². The molecule has 2 heterocycles. The monoisotopic (exact) mass is 332 g/mol. The quantitative estimate of drug-likeness (QED) is 0.921. The van der Waals surface area contributed by atoms with Crippen molar-refractivity contribution >= 4 is 23.2 Å². The summed E-state index contributed by atoms with van der Waals surface area (Å²) in [6.07, 6.45) is 4.91. The van der Waals surface area contributed by atoms with Crippen molar-refractivity contribution in [2.24, 2.45) is 11.8 Å². The molecule has 23 heavy (non-hydrogen) atoms. The number of hydrogen-bond donors (Lipinski definition) is 1. The van der Waals surface area contributed by atoms with Crippen LogP contribution in [0.5, 0.6) is 0 Å². The van der Waals surface area contributed by atoms with E-state index in [4.69, 9.17) is 0 Å². The Labute approximate surface area is 141 Å². The van der Waals surface area contributed by atoms with Crippen molar-refractivity contribution in [1.82, 2.24) is 10.2 Å². The number of carbonyl (C=O) groups excluding carboxylic acids is 2. The highest BCUT2D eigenvalue weighted by atomic mass is 32.1. The van der Waals surface area contributed by atoms with Crippen LogP contribution in [0.25, 0.3) is 0 Å². The van der Waals surface area contributed by atoms with Crippen molar-refractivity contribution in [3.63, 3.8) is 0 Å². The summed E-state index contributed by atoms with van der Waals surface area (Å²) in [4.78, 5) is 29.4. The summed E-state index contributed by atoms with van der Waals surface area (Å²) in [7, 11) is 0. The molecular formula is C18H24N2O2S. The molecule has 1 aliphatic heterocycles. The fraction of sp³-hybridized carbons (Fsp3) is 0.667. The average molecular weight is 332 g/mol. The van der Waals surface area contributed by atoms with Crippen LogP contribution in [0.15, 0.2) is 12.1 Å². The Morgan fingerprint density at radius 3 is 2.52 bits per heavy atom. The smallest absolute Gasteiger partial charge is 0.226 e. The maximum atomic E-state index is 12.6. The van der Waals surface area contributed by atoms with E-state index in [0.29, 0.717) is 17.9 Å². The fourth-order valence-corrected chi connectivity index (χ4v) is 4.63. The molecule has 1 aromatic heterocycles. The normalized spacial score (nSPS) is 27.8. The molecule has 0 unspecified atom stereocenters. The number of amides is 2. The fourth-order valence-electron chi connectivity index (χ4n) is 3.58. The van der Waals surface area contributed by atoms with Gasteiger partial charge in [-0.2, -0.15) is 0 Å². The van der Waals surface area contributed by atoms with Gasteiger partial charge in [-0.3, -0.25) is 9.59 Å². The Morgan fingerprint density at radius 1 is 1.17 bits per heavy atom. The third-order valence-corrected chi connectivity index (χ3v) is 6.47. The largest absolute Gasteiger partial charge is 0.353 e.